The van der Waals surface area contributed by atoms with Crippen LogP contribution in [-0.4, -0.2) is 52.8 Å². The molecule has 1 amide bonds. The van der Waals surface area contributed by atoms with Crippen LogP contribution < -0.4 is 0 Å². The first-order chi connectivity index (χ1) is 10.0. The van der Waals surface area contributed by atoms with Crippen molar-refractivity contribution in [1.29, 1.82) is 0 Å². The molecule has 0 radical (unpaired) electrons. The highest BCUT2D eigenvalue weighted by molar-refractivity contribution is 5.95. The molecule has 7 heteroatoms. The Morgan fingerprint density at radius 1 is 1.38 bits per heavy atom. The Labute approximate surface area is 121 Å². The lowest BCUT2D eigenvalue weighted by atomic mass is 9.95. The van der Waals surface area contributed by atoms with Crippen LogP contribution in [0.3, 0.4) is 0 Å². The number of carbonyl (C=O) groups excluding carboxylic acids is 2. The van der Waals surface area contributed by atoms with Crippen molar-refractivity contribution in [3.05, 3.63) is 17.0 Å². The van der Waals surface area contributed by atoms with Crippen LogP contribution >= 0.6 is 0 Å². The predicted molar refractivity (Wildman–Crippen MR) is 71.6 cm³/mol. The number of aryl methyl sites for hydroxylation is 1. The van der Waals surface area contributed by atoms with Gasteiger partial charge in [-0.1, -0.05) is 0 Å². The molecule has 2 heterocycles. The first kappa shape index (κ1) is 14.0. The van der Waals surface area contributed by atoms with E-state index in [2.05, 4.69) is 14.9 Å². The van der Waals surface area contributed by atoms with Crippen molar-refractivity contribution >= 4 is 11.9 Å². The van der Waals surface area contributed by atoms with Crippen LogP contribution in [0.5, 0.6) is 0 Å². The third kappa shape index (κ3) is 2.30. The SMILES string of the molecule is COC(=O)[C@@]1(F)CCN(C(=O)c2n[nH]c3c2CCCC3)C1. The number of likely N-dealkylation sites (tertiary alicyclic amines) is 1. The quantitative estimate of drug-likeness (QED) is 0.826. The highest BCUT2D eigenvalue weighted by Crippen LogP contribution is 2.29. The lowest BCUT2D eigenvalue weighted by Crippen LogP contribution is -2.40. The average Bonchev–Trinajstić information content (AvgIpc) is 3.10. The second-order valence-electron chi connectivity index (χ2n) is 5.67. The number of halogens is 1. The highest BCUT2D eigenvalue weighted by atomic mass is 19.1. The van der Waals surface area contributed by atoms with Gasteiger partial charge in [-0.15, -0.1) is 0 Å². The summed E-state index contributed by atoms with van der Waals surface area (Å²) in [5, 5.41) is 7.00. The van der Waals surface area contributed by atoms with Gasteiger partial charge >= 0.3 is 5.97 Å². The minimum atomic E-state index is -2.10. The number of alkyl halides is 1. The maximum atomic E-state index is 14.4. The molecule has 1 saturated heterocycles. The zero-order chi connectivity index (χ0) is 15.0. The molecule has 3 rings (SSSR count). The third-order valence-electron chi connectivity index (χ3n) is 4.32. The normalized spacial score (nSPS) is 24.8. The first-order valence-corrected chi connectivity index (χ1v) is 7.18. The Morgan fingerprint density at radius 3 is 2.90 bits per heavy atom. The summed E-state index contributed by atoms with van der Waals surface area (Å²) in [6, 6.07) is 0. The van der Waals surface area contributed by atoms with E-state index in [1.807, 2.05) is 0 Å². The summed E-state index contributed by atoms with van der Waals surface area (Å²) >= 11 is 0. The number of amides is 1. The Hall–Kier alpha value is -1.92. The standard InChI is InChI=1S/C14H18FN3O3/c1-21-13(20)14(15)6-7-18(8-14)12(19)11-9-4-2-3-5-10(9)16-17-11/h2-8H2,1H3,(H,16,17)/t14-/m1/s1. The minimum absolute atomic E-state index is 0.0297. The van der Waals surface area contributed by atoms with E-state index in [-0.39, 0.29) is 25.4 Å². The van der Waals surface area contributed by atoms with E-state index in [0.717, 1.165) is 44.1 Å². The van der Waals surface area contributed by atoms with Gasteiger partial charge in [-0.25, -0.2) is 9.18 Å². The largest absolute Gasteiger partial charge is 0.467 e. The van der Waals surface area contributed by atoms with Crippen molar-refractivity contribution in [3.8, 4) is 0 Å². The number of aromatic nitrogens is 2. The maximum absolute atomic E-state index is 14.4. The lowest BCUT2D eigenvalue weighted by Gasteiger charge is -2.19. The van der Waals surface area contributed by atoms with Crippen molar-refractivity contribution in [2.75, 3.05) is 20.2 Å². The number of aromatic amines is 1. The number of ether oxygens (including phenoxy) is 1. The molecule has 114 valence electrons. The summed E-state index contributed by atoms with van der Waals surface area (Å²) in [6.07, 6.45) is 3.80. The van der Waals surface area contributed by atoms with Crippen LogP contribution in [0.4, 0.5) is 4.39 Å². The lowest BCUT2D eigenvalue weighted by molar-refractivity contribution is -0.153. The molecule has 0 aromatic carbocycles. The topological polar surface area (TPSA) is 75.3 Å². The fraction of sp³-hybridized carbons (Fsp3) is 0.643. The molecular formula is C14H18FN3O3. The van der Waals surface area contributed by atoms with E-state index in [9.17, 15) is 14.0 Å². The molecule has 1 aliphatic carbocycles. The number of methoxy groups -OCH3 is 1. The molecule has 1 aromatic rings. The molecule has 0 unspecified atom stereocenters. The van der Waals surface area contributed by atoms with Crippen LogP contribution in [0.15, 0.2) is 0 Å². The van der Waals surface area contributed by atoms with Crippen LogP contribution in [0.2, 0.25) is 0 Å². The number of H-pyrrole nitrogens is 1. The van der Waals surface area contributed by atoms with Gasteiger partial charge in [0.15, 0.2) is 5.69 Å². The van der Waals surface area contributed by atoms with Crippen molar-refractivity contribution in [3.63, 3.8) is 0 Å². The van der Waals surface area contributed by atoms with Crippen LogP contribution in [0.25, 0.3) is 0 Å². The van der Waals surface area contributed by atoms with Gasteiger partial charge in [0.2, 0.25) is 5.67 Å². The predicted octanol–water partition coefficient (Wildman–Crippen LogP) is 1.02. The van der Waals surface area contributed by atoms with Gasteiger partial charge in [0.05, 0.1) is 13.7 Å². The van der Waals surface area contributed by atoms with E-state index >= 15 is 0 Å². The summed E-state index contributed by atoms with van der Waals surface area (Å²) in [7, 11) is 1.15. The van der Waals surface area contributed by atoms with Gasteiger partial charge in [-0.3, -0.25) is 9.89 Å². The minimum Gasteiger partial charge on any atom is -0.467 e. The van der Waals surface area contributed by atoms with E-state index < -0.39 is 11.6 Å². The number of hydrogen-bond donors (Lipinski definition) is 1. The van der Waals surface area contributed by atoms with Crippen molar-refractivity contribution in [2.45, 2.75) is 37.8 Å². The van der Waals surface area contributed by atoms with Gasteiger partial charge in [-0.05, 0) is 25.7 Å². The zero-order valence-electron chi connectivity index (χ0n) is 11.9. The molecule has 0 spiro atoms. The number of nitrogens with zero attached hydrogens (tertiary/aromatic N) is 2. The number of fused-ring (bicyclic) bond motifs is 1. The molecule has 1 atom stereocenters. The van der Waals surface area contributed by atoms with Gasteiger partial charge in [0, 0.05) is 24.2 Å². The fourth-order valence-corrected chi connectivity index (χ4v) is 3.10. The van der Waals surface area contributed by atoms with Gasteiger partial charge in [0.25, 0.3) is 5.91 Å². The number of nitrogens with one attached hydrogen (secondary N) is 1. The summed E-state index contributed by atoms with van der Waals surface area (Å²) in [4.78, 5) is 25.3. The molecule has 1 N–H and O–H groups in total. The molecule has 1 aromatic heterocycles. The fourth-order valence-electron chi connectivity index (χ4n) is 3.10. The van der Waals surface area contributed by atoms with Crippen LogP contribution in [0, 0.1) is 0 Å². The van der Waals surface area contributed by atoms with Crippen LogP contribution in [0.1, 0.15) is 41.0 Å². The van der Waals surface area contributed by atoms with Crippen molar-refractivity contribution in [2.24, 2.45) is 0 Å². The van der Waals surface area contributed by atoms with Gasteiger partial charge < -0.3 is 9.64 Å². The third-order valence-corrected chi connectivity index (χ3v) is 4.32. The number of carbonyl (C=O) groups is 2. The molecular weight excluding hydrogens is 277 g/mol. The Kier molecular flexibility index (Phi) is 3.43. The second-order valence-corrected chi connectivity index (χ2v) is 5.67. The van der Waals surface area contributed by atoms with Gasteiger partial charge in [-0.2, -0.15) is 5.10 Å². The zero-order valence-corrected chi connectivity index (χ0v) is 11.9. The molecule has 21 heavy (non-hydrogen) atoms. The van der Waals surface area contributed by atoms with E-state index in [1.54, 1.807) is 0 Å². The molecule has 6 nitrogen and oxygen atoms in total. The van der Waals surface area contributed by atoms with Gasteiger partial charge in [0.1, 0.15) is 0 Å². The number of hydrogen-bond acceptors (Lipinski definition) is 4. The maximum Gasteiger partial charge on any atom is 0.345 e. The number of rotatable bonds is 2. The molecule has 2 aliphatic rings. The van der Waals surface area contributed by atoms with E-state index in [4.69, 9.17) is 0 Å². The van der Waals surface area contributed by atoms with E-state index in [0.29, 0.717) is 5.69 Å². The van der Waals surface area contributed by atoms with Crippen molar-refractivity contribution in [1.82, 2.24) is 15.1 Å². The van der Waals surface area contributed by atoms with E-state index in [1.165, 1.54) is 4.90 Å². The first-order valence-electron chi connectivity index (χ1n) is 7.18. The highest BCUT2D eigenvalue weighted by Gasteiger charge is 2.48. The molecule has 0 saturated carbocycles. The van der Waals surface area contributed by atoms with Crippen molar-refractivity contribution < 1.29 is 18.7 Å². The summed E-state index contributed by atoms with van der Waals surface area (Å²) in [5.41, 5.74) is 0.226. The second kappa shape index (κ2) is 5.13. The monoisotopic (exact) mass is 295 g/mol. The Morgan fingerprint density at radius 2 is 2.14 bits per heavy atom. The Balaban J connectivity index is 1.78. The summed E-state index contributed by atoms with van der Waals surface area (Å²) in [6.45, 7) is -0.0633. The molecule has 1 fully saturated rings. The molecule has 1 aliphatic heterocycles. The average molecular weight is 295 g/mol. The summed E-state index contributed by atoms with van der Waals surface area (Å²) < 4.78 is 18.9. The number of esters is 1. The molecule has 0 bridgehead atoms. The Bertz CT molecular complexity index is 586. The van der Waals surface area contributed by atoms with Crippen LogP contribution in [-0.2, 0) is 22.4 Å². The summed E-state index contributed by atoms with van der Waals surface area (Å²) in [5.74, 6) is -1.22. The smallest absolute Gasteiger partial charge is 0.345 e.